The van der Waals surface area contributed by atoms with Gasteiger partial charge in [0.25, 0.3) is 0 Å². The first-order valence-electron chi connectivity index (χ1n) is 9.15. The van der Waals surface area contributed by atoms with Crippen molar-refractivity contribution in [2.24, 2.45) is 0 Å². The summed E-state index contributed by atoms with van der Waals surface area (Å²) < 4.78 is 5.18. The number of piperidine rings is 1. The molecule has 0 aromatic heterocycles. The molecule has 24 heavy (non-hydrogen) atoms. The quantitative estimate of drug-likeness (QED) is 0.870. The molecule has 0 saturated carbocycles. The molecule has 0 spiro atoms. The number of benzene rings is 1. The lowest BCUT2D eigenvalue weighted by molar-refractivity contribution is -0.0469. The van der Waals surface area contributed by atoms with E-state index < -0.39 is 5.60 Å². The highest BCUT2D eigenvalue weighted by atomic mass is 16.5. The van der Waals surface area contributed by atoms with Gasteiger partial charge in [0.05, 0.1) is 12.7 Å². The fourth-order valence-corrected chi connectivity index (χ4v) is 3.90. The van der Waals surface area contributed by atoms with Crippen molar-refractivity contribution >= 4 is 6.08 Å². The predicted octanol–water partition coefficient (Wildman–Crippen LogP) is 2.63. The third-order valence-electron chi connectivity index (χ3n) is 5.14. The van der Waals surface area contributed by atoms with Crippen LogP contribution in [0.25, 0.3) is 6.08 Å². The molecule has 4 nitrogen and oxygen atoms in total. The van der Waals surface area contributed by atoms with Crippen LogP contribution in [0.5, 0.6) is 5.75 Å². The third-order valence-corrected chi connectivity index (χ3v) is 5.14. The average molecular weight is 330 g/mol. The number of nitrogens with zero attached hydrogens (tertiary/aromatic N) is 2. The van der Waals surface area contributed by atoms with Crippen LogP contribution in [0.3, 0.4) is 0 Å². The maximum Gasteiger partial charge on any atom is 0.118 e. The van der Waals surface area contributed by atoms with Crippen molar-refractivity contribution in [2.45, 2.75) is 31.3 Å². The smallest absolute Gasteiger partial charge is 0.118 e. The van der Waals surface area contributed by atoms with Gasteiger partial charge in [-0.1, -0.05) is 24.3 Å². The summed E-state index contributed by atoms with van der Waals surface area (Å²) in [6, 6.07) is 8.09. The van der Waals surface area contributed by atoms with E-state index in [1.54, 1.807) is 7.11 Å². The zero-order chi connectivity index (χ0) is 16.8. The summed E-state index contributed by atoms with van der Waals surface area (Å²) in [4.78, 5) is 4.80. The van der Waals surface area contributed by atoms with Crippen LogP contribution in [-0.4, -0.2) is 66.9 Å². The van der Waals surface area contributed by atoms with Crippen LogP contribution in [0.15, 0.2) is 30.3 Å². The molecule has 2 heterocycles. The summed E-state index contributed by atoms with van der Waals surface area (Å²) in [7, 11) is 1.69. The molecule has 4 heteroatoms. The summed E-state index contributed by atoms with van der Waals surface area (Å²) in [5.74, 6) is 0.884. The summed E-state index contributed by atoms with van der Waals surface area (Å²) in [6.07, 6.45) is 8.93. The Morgan fingerprint density at radius 1 is 1.08 bits per heavy atom. The van der Waals surface area contributed by atoms with Crippen LogP contribution in [0.4, 0.5) is 0 Å². The van der Waals surface area contributed by atoms with Crippen molar-refractivity contribution in [1.82, 2.24) is 9.80 Å². The van der Waals surface area contributed by atoms with Crippen molar-refractivity contribution in [3.05, 3.63) is 35.9 Å². The molecule has 1 aromatic rings. The van der Waals surface area contributed by atoms with E-state index in [0.717, 1.165) is 57.9 Å². The van der Waals surface area contributed by atoms with Crippen LogP contribution >= 0.6 is 0 Å². The van der Waals surface area contributed by atoms with E-state index in [1.807, 2.05) is 12.1 Å². The van der Waals surface area contributed by atoms with Gasteiger partial charge in [0.15, 0.2) is 0 Å². The number of rotatable bonds is 6. The molecule has 132 valence electrons. The molecule has 2 fully saturated rings. The lowest BCUT2D eigenvalue weighted by Crippen LogP contribution is -2.53. The van der Waals surface area contributed by atoms with E-state index in [2.05, 4.69) is 34.1 Å². The molecule has 1 aromatic carbocycles. The van der Waals surface area contributed by atoms with Gasteiger partial charge in [-0.05, 0) is 63.0 Å². The number of ether oxygens (including phenoxy) is 1. The number of hydrogen-bond donors (Lipinski definition) is 1. The van der Waals surface area contributed by atoms with Gasteiger partial charge in [-0.25, -0.2) is 0 Å². The summed E-state index contributed by atoms with van der Waals surface area (Å²) >= 11 is 0. The Kier molecular flexibility index (Phi) is 5.93. The minimum absolute atomic E-state index is 0.531. The second-order valence-electron chi connectivity index (χ2n) is 7.22. The van der Waals surface area contributed by atoms with Crippen LogP contribution in [-0.2, 0) is 0 Å². The monoisotopic (exact) mass is 330 g/mol. The fourth-order valence-electron chi connectivity index (χ4n) is 3.90. The Hall–Kier alpha value is -1.36. The molecule has 1 N–H and O–H groups in total. The van der Waals surface area contributed by atoms with E-state index in [0.29, 0.717) is 0 Å². The van der Waals surface area contributed by atoms with Gasteiger partial charge in [0, 0.05) is 19.6 Å². The number of aliphatic hydroxyl groups is 1. The maximum absolute atomic E-state index is 11.0. The molecule has 0 amide bonds. The van der Waals surface area contributed by atoms with Gasteiger partial charge in [-0.2, -0.15) is 0 Å². The number of hydrogen-bond acceptors (Lipinski definition) is 4. The highest BCUT2D eigenvalue weighted by Crippen LogP contribution is 2.24. The molecule has 2 aliphatic rings. The minimum Gasteiger partial charge on any atom is -0.497 e. The first kappa shape index (κ1) is 17.5. The molecule has 2 saturated heterocycles. The molecule has 0 radical (unpaired) electrons. The highest BCUT2D eigenvalue weighted by molar-refractivity contribution is 5.50. The number of likely N-dealkylation sites (tertiary alicyclic amines) is 2. The lowest BCUT2D eigenvalue weighted by Gasteiger charge is -2.40. The molecule has 0 bridgehead atoms. The molecular weight excluding hydrogens is 300 g/mol. The van der Waals surface area contributed by atoms with E-state index >= 15 is 0 Å². The zero-order valence-electron chi connectivity index (χ0n) is 14.8. The zero-order valence-corrected chi connectivity index (χ0v) is 14.8. The van der Waals surface area contributed by atoms with E-state index in [4.69, 9.17) is 4.74 Å². The van der Waals surface area contributed by atoms with E-state index in [-0.39, 0.29) is 0 Å². The van der Waals surface area contributed by atoms with E-state index in [9.17, 15) is 5.11 Å². The normalized spacial score (nSPS) is 26.2. The van der Waals surface area contributed by atoms with Gasteiger partial charge in [0.1, 0.15) is 5.75 Å². The summed E-state index contributed by atoms with van der Waals surface area (Å²) in [6.45, 7) is 5.91. The predicted molar refractivity (Wildman–Crippen MR) is 98.3 cm³/mol. The van der Waals surface area contributed by atoms with Gasteiger partial charge < -0.3 is 14.7 Å². The van der Waals surface area contributed by atoms with Crippen LogP contribution in [0.2, 0.25) is 0 Å². The highest BCUT2D eigenvalue weighted by Gasteiger charge is 2.35. The Bertz CT molecular complexity index is 537. The molecule has 0 aliphatic carbocycles. The summed E-state index contributed by atoms with van der Waals surface area (Å²) in [5.41, 5.74) is 0.649. The van der Waals surface area contributed by atoms with Crippen LogP contribution in [0, 0.1) is 0 Å². The Labute approximate surface area is 145 Å². The third kappa shape index (κ3) is 4.82. The molecule has 3 rings (SSSR count). The van der Waals surface area contributed by atoms with Crippen molar-refractivity contribution in [3.63, 3.8) is 0 Å². The minimum atomic E-state index is -0.531. The van der Waals surface area contributed by atoms with Crippen molar-refractivity contribution < 1.29 is 9.84 Å². The van der Waals surface area contributed by atoms with Gasteiger partial charge in [-0.15, -0.1) is 0 Å². The van der Waals surface area contributed by atoms with E-state index in [1.165, 1.54) is 18.4 Å². The Morgan fingerprint density at radius 2 is 1.79 bits per heavy atom. The fraction of sp³-hybridized carbons (Fsp3) is 0.600. The van der Waals surface area contributed by atoms with Crippen LogP contribution in [0.1, 0.15) is 31.2 Å². The first-order chi connectivity index (χ1) is 11.7. The maximum atomic E-state index is 11.0. The van der Waals surface area contributed by atoms with Crippen molar-refractivity contribution in [1.29, 1.82) is 0 Å². The first-order valence-corrected chi connectivity index (χ1v) is 9.15. The molecule has 2 aliphatic heterocycles. The Balaban J connectivity index is 1.49. The van der Waals surface area contributed by atoms with Gasteiger partial charge in [-0.3, -0.25) is 4.90 Å². The number of methoxy groups -OCH3 is 1. The van der Waals surface area contributed by atoms with Gasteiger partial charge >= 0.3 is 0 Å². The second-order valence-corrected chi connectivity index (χ2v) is 7.22. The summed E-state index contributed by atoms with van der Waals surface area (Å²) in [5, 5.41) is 11.0. The number of β-amino-alcohol motifs (C(OH)–C–C–N with tert-alkyl or cyclic N) is 1. The average Bonchev–Trinajstić information content (AvgIpc) is 3.08. The van der Waals surface area contributed by atoms with Crippen LogP contribution < -0.4 is 4.74 Å². The molecular formula is C20H30N2O2. The molecule has 1 unspecified atom stereocenters. The SMILES string of the molecule is COc1ccc(/C=C/CN2CCCC(O)(CN3CCCC3)C2)cc1. The second kappa shape index (κ2) is 8.15. The largest absolute Gasteiger partial charge is 0.497 e. The standard InChI is InChI=1S/C20H30N2O2/c1-24-19-9-7-18(8-10-19)6-4-14-22-15-5-11-20(23,17-22)16-21-12-2-3-13-21/h4,6-10,23H,2-3,5,11-17H2,1H3/b6-4+. The topological polar surface area (TPSA) is 35.9 Å². The van der Waals surface area contributed by atoms with Gasteiger partial charge in [0.2, 0.25) is 0 Å². The Morgan fingerprint density at radius 3 is 2.50 bits per heavy atom. The molecule has 1 atom stereocenters. The van der Waals surface area contributed by atoms with Crippen molar-refractivity contribution in [2.75, 3.05) is 46.4 Å². The van der Waals surface area contributed by atoms with Crippen molar-refractivity contribution in [3.8, 4) is 5.75 Å². The lowest BCUT2D eigenvalue weighted by atomic mass is 9.92.